The lowest BCUT2D eigenvalue weighted by Crippen LogP contribution is -2.22. The molecule has 0 atom stereocenters. The number of ketones is 1. The lowest BCUT2D eigenvalue weighted by molar-refractivity contribution is -0.121. The van der Waals surface area contributed by atoms with Gasteiger partial charge in [0.2, 0.25) is 0 Å². The van der Waals surface area contributed by atoms with E-state index in [0.717, 1.165) is 25.7 Å². The predicted molar refractivity (Wildman–Crippen MR) is 75.6 cm³/mol. The van der Waals surface area contributed by atoms with Gasteiger partial charge in [0.25, 0.3) is 0 Å². The molecule has 0 aromatic rings. The van der Waals surface area contributed by atoms with E-state index in [-0.39, 0.29) is 17.9 Å². The van der Waals surface area contributed by atoms with Crippen molar-refractivity contribution >= 4 is 36.0 Å². The number of hydrogen-bond acceptors (Lipinski definition) is 4. The first-order valence-electron chi connectivity index (χ1n) is 5.56. The quantitative estimate of drug-likeness (QED) is 0.547. The van der Waals surface area contributed by atoms with E-state index in [1.165, 1.54) is 19.8 Å². The Balaban J connectivity index is 2.52. The third-order valence-corrected chi connectivity index (χ3v) is 5.84. The molecule has 4 nitrogen and oxygen atoms in total. The zero-order chi connectivity index (χ0) is 12.9. The van der Waals surface area contributed by atoms with Crippen molar-refractivity contribution in [1.82, 2.24) is 0 Å². The molecular weight excluding hydrogens is 354 g/mol. The van der Waals surface area contributed by atoms with Crippen molar-refractivity contribution in [3.63, 3.8) is 0 Å². The minimum absolute atomic E-state index is 0.00421. The van der Waals surface area contributed by atoms with Crippen molar-refractivity contribution in [2.24, 2.45) is 5.92 Å². The maximum atomic E-state index is 12.0. The molecule has 0 spiro atoms. The summed E-state index contributed by atoms with van der Waals surface area (Å²) in [6.07, 6.45) is 3.52. The van der Waals surface area contributed by atoms with Crippen LogP contribution < -0.4 is 0 Å². The molecule has 0 aromatic heterocycles. The molecule has 0 radical (unpaired) electrons. The molecule has 0 amide bonds. The number of allylic oxidation sites excluding steroid dienone is 1. The van der Waals surface area contributed by atoms with Crippen molar-refractivity contribution in [2.45, 2.75) is 25.7 Å². The van der Waals surface area contributed by atoms with Gasteiger partial charge in [0.15, 0.2) is 0 Å². The minimum atomic E-state index is -3.19. The molecule has 6 heteroatoms. The van der Waals surface area contributed by atoms with Crippen LogP contribution in [-0.4, -0.2) is 26.2 Å². The van der Waals surface area contributed by atoms with Gasteiger partial charge in [-0.15, -0.1) is 0 Å². The molecular formula is C11H18IO4P. The fourth-order valence-corrected chi connectivity index (χ4v) is 3.61. The van der Waals surface area contributed by atoms with Crippen LogP contribution in [0.25, 0.3) is 0 Å². The molecule has 1 aliphatic rings. The number of carbonyl (C=O) groups is 1. The first-order chi connectivity index (χ1) is 8.04. The lowest BCUT2D eigenvalue weighted by atomic mass is 9.84. The number of rotatable bonds is 5. The van der Waals surface area contributed by atoms with E-state index in [1.54, 1.807) is 0 Å². The van der Waals surface area contributed by atoms with Crippen molar-refractivity contribution in [3.05, 3.63) is 9.66 Å². The largest absolute Gasteiger partial charge is 0.337 e. The Morgan fingerprint density at radius 3 is 2.35 bits per heavy atom. The van der Waals surface area contributed by atoms with Gasteiger partial charge < -0.3 is 9.05 Å². The summed E-state index contributed by atoms with van der Waals surface area (Å²) in [7, 11) is -0.562. The standard InChI is InChI=1S/C11H18IO4P/c1-15-17(14,16-2)8-11(13)10-5-3-9(7-12)4-6-10/h7,10H,3-6,8H2,1-2H3. The topological polar surface area (TPSA) is 52.6 Å². The van der Waals surface area contributed by atoms with Gasteiger partial charge in [0.05, 0.1) is 0 Å². The van der Waals surface area contributed by atoms with Crippen LogP contribution in [0.5, 0.6) is 0 Å². The highest BCUT2D eigenvalue weighted by molar-refractivity contribution is 14.1. The minimum Gasteiger partial charge on any atom is -0.312 e. The molecule has 0 bridgehead atoms. The van der Waals surface area contributed by atoms with Crippen LogP contribution in [0.4, 0.5) is 0 Å². The van der Waals surface area contributed by atoms with Gasteiger partial charge >= 0.3 is 7.60 Å². The first-order valence-corrected chi connectivity index (χ1v) is 8.53. The summed E-state index contributed by atoms with van der Waals surface area (Å²) in [5, 5.41) is 0. The summed E-state index contributed by atoms with van der Waals surface area (Å²) < 4.78 is 23.5. The zero-order valence-corrected chi connectivity index (χ0v) is 13.2. The smallest absolute Gasteiger partial charge is 0.312 e. The van der Waals surface area contributed by atoms with E-state index < -0.39 is 7.60 Å². The summed E-state index contributed by atoms with van der Waals surface area (Å²) >= 11 is 2.23. The fraction of sp³-hybridized carbons (Fsp3) is 0.727. The second-order valence-electron chi connectivity index (χ2n) is 4.14. The zero-order valence-electron chi connectivity index (χ0n) is 10.1. The Bertz CT molecular complexity index is 335. The Hall–Kier alpha value is 0.290. The van der Waals surface area contributed by atoms with Gasteiger partial charge in [-0.2, -0.15) is 0 Å². The number of carbonyl (C=O) groups excluding carboxylic acids is 1. The molecule has 0 aliphatic heterocycles. The normalized spacial score (nSPS) is 21.4. The Labute approximate surface area is 116 Å². The van der Waals surface area contributed by atoms with Gasteiger partial charge in [0.1, 0.15) is 11.9 Å². The van der Waals surface area contributed by atoms with Crippen LogP contribution in [0.1, 0.15) is 25.7 Å². The second kappa shape index (κ2) is 7.02. The molecule has 0 N–H and O–H groups in total. The molecule has 0 heterocycles. The van der Waals surface area contributed by atoms with Crippen LogP contribution in [0.3, 0.4) is 0 Å². The summed E-state index contributed by atoms with van der Waals surface area (Å²) in [5.41, 5.74) is 1.40. The van der Waals surface area contributed by atoms with Crippen LogP contribution in [0.2, 0.25) is 0 Å². The highest BCUT2D eigenvalue weighted by Crippen LogP contribution is 2.47. The van der Waals surface area contributed by atoms with E-state index in [1.807, 2.05) is 0 Å². The monoisotopic (exact) mass is 372 g/mol. The number of halogens is 1. The van der Waals surface area contributed by atoms with Gasteiger partial charge in [0, 0.05) is 20.1 Å². The predicted octanol–water partition coefficient (Wildman–Crippen LogP) is 3.55. The van der Waals surface area contributed by atoms with E-state index in [2.05, 4.69) is 26.7 Å². The highest BCUT2D eigenvalue weighted by atomic mass is 127. The fourth-order valence-electron chi connectivity index (χ4n) is 1.94. The Morgan fingerprint density at radius 2 is 1.94 bits per heavy atom. The van der Waals surface area contributed by atoms with Crippen LogP contribution in [0.15, 0.2) is 9.66 Å². The maximum absolute atomic E-state index is 12.0. The summed E-state index contributed by atoms with van der Waals surface area (Å²) in [6.45, 7) is 0. The maximum Gasteiger partial charge on any atom is 0.337 e. The number of Topliss-reactive ketones (excluding diaryl/α,β-unsaturated/α-hetero) is 1. The molecule has 0 unspecified atom stereocenters. The van der Waals surface area contributed by atoms with Crippen LogP contribution in [0, 0.1) is 5.92 Å². The third-order valence-electron chi connectivity index (χ3n) is 3.14. The van der Waals surface area contributed by atoms with Gasteiger partial charge in [-0.25, -0.2) is 0 Å². The van der Waals surface area contributed by atoms with Crippen LogP contribution >= 0.6 is 30.2 Å². The van der Waals surface area contributed by atoms with E-state index >= 15 is 0 Å². The molecule has 1 saturated carbocycles. The highest BCUT2D eigenvalue weighted by Gasteiger charge is 2.31. The van der Waals surface area contributed by atoms with Gasteiger partial charge in [-0.05, 0) is 29.8 Å². The second-order valence-corrected chi connectivity index (χ2v) is 7.03. The number of hydrogen-bond donors (Lipinski definition) is 0. The SMILES string of the molecule is COP(=O)(CC(=O)C1CCC(=CI)CC1)OC. The van der Waals surface area contributed by atoms with Crippen molar-refractivity contribution in [2.75, 3.05) is 20.4 Å². The molecule has 1 rings (SSSR count). The Morgan fingerprint density at radius 1 is 1.41 bits per heavy atom. The summed E-state index contributed by atoms with van der Waals surface area (Å²) in [4.78, 5) is 12.0. The van der Waals surface area contributed by atoms with E-state index in [0.29, 0.717) is 0 Å². The molecule has 98 valence electrons. The summed E-state index contributed by atoms with van der Waals surface area (Å²) in [5.74, 6) is 0.0123. The lowest BCUT2D eigenvalue weighted by Gasteiger charge is -2.23. The average Bonchev–Trinajstić information content (AvgIpc) is 2.38. The van der Waals surface area contributed by atoms with Crippen molar-refractivity contribution in [3.8, 4) is 0 Å². The van der Waals surface area contributed by atoms with Gasteiger partial charge in [-0.1, -0.05) is 28.2 Å². The molecule has 0 aromatic carbocycles. The van der Waals surface area contributed by atoms with E-state index in [4.69, 9.17) is 9.05 Å². The van der Waals surface area contributed by atoms with Gasteiger partial charge in [-0.3, -0.25) is 9.36 Å². The molecule has 1 aliphatic carbocycles. The summed E-state index contributed by atoms with van der Waals surface area (Å²) in [6, 6.07) is 0. The molecule has 0 saturated heterocycles. The third kappa shape index (κ3) is 4.47. The molecule has 17 heavy (non-hydrogen) atoms. The van der Waals surface area contributed by atoms with Crippen molar-refractivity contribution in [1.29, 1.82) is 0 Å². The Kier molecular flexibility index (Phi) is 6.34. The molecule has 1 fully saturated rings. The van der Waals surface area contributed by atoms with Crippen molar-refractivity contribution < 1.29 is 18.4 Å². The van der Waals surface area contributed by atoms with Crippen LogP contribution in [-0.2, 0) is 18.4 Å². The first kappa shape index (κ1) is 15.3. The average molecular weight is 372 g/mol. The van der Waals surface area contributed by atoms with E-state index in [9.17, 15) is 9.36 Å².